The molecule has 1 atom stereocenters. The van der Waals surface area contributed by atoms with Gasteiger partial charge in [0.25, 0.3) is 0 Å². The Morgan fingerprint density at radius 2 is 2.26 bits per heavy atom. The van der Waals surface area contributed by atoms with Crippen molar-refractivity contribution in [2.45, 2.75) is 13.0 Å². The average molecular weight is 285 g/mol. The number of methoxy groups -OCH3 is 1. The van der Waals surface area contributed by atoms with E-state index in [9.17, 15) is 9.59 Å². The number of alkyl halides is 1. The number of rotatable bonds is 3. The maximum absolute atomic E-state index is 11.9. The van der Waals surface area contributed by atoms with Gasteiger partial charge in [-0.25, -0.2) is 9.59 Å². The zero-order chi connectivity index (χ0) is 14.0. The van der Waals surface area contributed by atoms with E-state index in [1.165, 1.54) is 7.11 Å². The molecule has 2 rings (SSSR count). The molecule has 0 fully saturated rings. The molecule has 1 aromatic heterocycles. The summed E-state index contributed by atoms with van der Waals surface area (Å²) in [5, 5.41) is 5.11. The Labute approximate surface area is 114 Å². The minimum absolute atomic E-state index is 0.00591. The van der Waals surface area contributed by atoms with E-state index >= 15 is 0 Å². The van der Waals surface area contributed by atoms with Gasteiger partial charge in [-0.3, -0.25) is 0 Å². The van der Waals surface area contributed by atoms with Crippen molar-refractivity contribution in [1.82, 2.24) is 10.6 Å². The molecule has 2 amide bonds. The maximum Gasteiger partial charge on any atom is 0.338 e. The van der Waals surface area contributed by atoms with Crippen molar-refractivity contribution in [3.8, 4) is 0 Å². The number of esters is 1. The first-order valence-corrected chi connectivity index (χ1v) is 6.11. The number of aryl methyl sites for hydroxylation is 1. The zero-order valence-electron chi connectivity index (χ0n) is 10.5. The second-order valence-corrected chi connectivity index (χ2v) is 4.26. The third-order valence-electron chi connectivity index (χ3n) is 2.74. The quantitative estimate of drug-likeness (QED) is 0.653. The van der Waals surface area contributed by atoms with Crippen LogP contribution in [0.1, 0.15) is 17.6 Å². The smallest absolute Gasteiger partial charge is 0.338 e. The number of allylic oxidation sites excluding steroid dienone is 1. The SMILES string of the molecule is COC(=O)C1=C(CCl)NC(=O)N[C@H]1c1ccc(C)o1. The molecule has 0 spiro atoms. The summed E-state index contributed by atoms with van der Waals surface area (Å²) in [6, 6.07) is 2.30. The fourth-order valence-electron chi connectivity index (χ4n) is 1.90. The van der Waals surface area contributed by atoms with Crippen LogP contribution in [-0.4, -0.2) is 25.0 Å². The van der Waals surface area contributed by atoms with Crippen LogP contribution in [0.25, 0.3) is 0 Å². The van der Waals surface area contributed by atoms with Gasteiger partial charge in [0.05, 0.1) is 18.6 Å². The molecule has 19 heavy (non-hydrogen) atoms. The van der Waals surface area contributed by atoms with E-state index in [0.29, 0.717) is 17.2 Å². The zero-order valence-corrected chi connectivity index (χ0v) is 11.2. The first-order chi connectivity index (χ1) is 9.06. The molecular formula is C12H13ClN2O4. The highest BCUT2D eigenvalue weighted by Gasteiger charge is 2.34. The molecular weight excluding hydrogens is 272 g/mol. The largest absolute Gasteiger partial charge is 0.466 e. The number of nitrogens with one attached hydrogen (secondary N) is 2. The summed E-state index contributed by atoms with van der Waals surface area (Å²) < 4.78 is 10.2. The fourth-order valence-corrected chi connectivity index (χ4v) is 2.11. The van der Waals surface area contributed by atoms with Gasteiger partial charge in [-0.15, -0.1) is 11.6 Å². The highest BCUT2D eigenvalue weighted by atomic mass is 35.5. The Bertz CT molecular complexity index is 550. The highest BCUT2D eigenvalue weighted by Crippen LogP contribution is 2.29. The second kappa shape index (κ2) is 5.36. The van der Waals surface area contributed by atoms with Crippen LogP contribution in [-0.2, 0) is 9.53 Å². The summed E-state index contributed by atoms with van der Waals surface area (Å²) in [5.41, 5.74) is 0.558. The lowest BCUT2D eigenvalue weighted by molar-refractivity contribution is -0.136. The first kappa shape index (κ1) is 13.5. The predicted octanol–water partition coefficient (Wildman–Crippen LogP) is 1.61. The average Bonchev–Trinajstić information content (AvgIpc) is 2.83. The van der Waals surface area contributed by atoms with Gasteiger partial charge in [0.15, 0.2) is 0 Å². The van der Waals surface area contributed by atoms with E-state index in [1.807, 2.05) is 0 Å². The minimum atomic E-state index is -0.705. The third kappa shape index (κ3) is 2.58. The van der Waals surface area contributed by atoms with Gasteiger partial charge in [0, 0.05) is 5.70 Å². The van der Waals surface area contributed by atoms with E-state index in [1.54, 1.807) is 19.1 Å². The van der Waals surface area contributed by atoms with Crippen LogP contribution in [0.4, 0.5) is 4.79 Å². The first-order valence-electron chi connectivity index (χ1n) is 5.58. The number of carbonyl (C=O) groups is 2. The van der Waals surface area contributed by atoms with Gasteiger partial charge in [-0.2, -0.15) is 0 Å². The number of furan rings is 1. The van der Waals surface area contributed by atoms with Crippen LogP contribution in [0.5, 0.6) is 0 Å². The lowest BCUT2D eigenvalue weighted by Gasteiger charge is -2.26. The van der Waals surface area contributed by atoms with Gasteiger partial charge in [0.2, 0.25) is 0 Å². The molecule has 1 aliphatic heterocycles. The predicted molar refractivity (Wildman–Crippen MR) is 67.6 cm³/mol. The molecule has 0 aliphatic carbocycles. The molecule has 0 unspecified atom stereocenters. The number of halogens is 1. The molecule has 0 radical (unpaired) electrons. The van der Waals surface area contributed by atoms with Crippen LogP contribution in [0, 0.1) is 6.92 Å². The van der Waals surface area contributed by atoms with E-state index in [4.69, 9.17) is 20.8 Å². The van der Waals surface area contributed by atoms with Crippen molar-refractivity contribution in [2.75, 3.05) is 13.0 Å². The Morgan fingerprint density at radius 3 is 2.79 bits per heavy atom. The number of ether oxygens (including phenoxy) is 1. The summed E-state index contributed by atoms with van der Waals surface area (Å²) in [7, 11) is 1.27. The number of hydrogen-bond acceptors (Lipinski definition) is 4. The van der Waals surface area contributed by atoms with E-state index in [-0.39, 0.29) is 11.5 Å². The lowest BCUT2D eigenvalue weighted by atomic mass is 10.0. The molecule has 2 N–H and O–H groups in total. The molecule has 0 saturated heterocycles. The molecule has 0 saturated carbocycles. The molecule has 0 aromatic carbocycles. The summed E-state index contributed by atoms with van der Waals surface area (Å²) in [4.78, 5) is 23.4. The van der Waals surface area contributed by atoms with Crippen molar-refractivity contribution in [2.24, 2.45) is 0 Å². The van der Waals surface area contributed by atoms with Gasteiger partial charge in [-0.05, 0) is 19.1 Å². The molecule has 102 valence electrons. The number of carbonyl (C=O) groups excluding carboxylic acids is 2. The van der Waals surface area contributed by atoms with Crippen molar-refractivity contribution in [3.05, 3.63) is 34.9 Å². The summed E-state index contributed by atoms with van der Waals surface area (Å²) >= 11 is 5.76. The fraction of sp³-hybridized carbons (Fsp3) is 0.333. The second-order valence-electron chi connectivity index (χ2n) is 4.00. The van der Waals surface area contributed by atoms with Gasteiger partial charge in [-0.1, -0.05) is 0 Å². The normalized spacial score (nSPS) is 18.9. The van der Waals surface area contributed by atoms with Gasteiger partial charge < -0.3 is 19.8 Å². The van der Waals surface area contributed by atoms with Crippen LogP contribution in [0.3, 0.4) is 0 Å². The standard InChI is InChI=1S/C12H13ClN2O4/c1-6-3-4-8(19-6)10-9(11(16)18-2)7(5-13)14-12(17)15-10/h3-4,10H,5H2,1-2H3,(H2,14,15,17)/t10-/m0/s1. The summed E-state index contributed by atoms with van der Waals surface area (Å²) in [6.07, 6.45) is 0. The highest BCUT2D eigenvalue weighted by molar-refractivity contribution is 6.20. The molecule has 1 aromatic rings. The van der Waals surface area contributed by atoms with E-state index in [0.717, 1.165) is 0 Å². The van der Waals surface area contributed by atoms with Gasteiger partial charge in [0.1, 0.15) is 17.6 Å². The Kier molecular flexibility index (Phi) is 3.80. The summed E-state index contributed by atoms with van der Waals surface area (Å²) in [6.45, 7) is 1.77. The number of amides is 2. The number of hydrogen-bond donors (Lipinski definition) is 2. The molecule has 2 heterocycles. The van der Waals surface area contributed by atoms with Crippen molar-refractivity contribution in [3.63, 3.8) is 0 Å². The van der Waals surface area contributed by atoms with Gasteiger partial charge >= 0.3 is 12.0 Å². The molecule has 7 heteroatoms. The van der Waals surface area contributed by atoms with E-state index < -0.39 is 18.0 Å². The molecule has 6 nitrogen and oxygen atoms in total. The monoisotopic (exact) mass is 284 g/mol. The molecule has 1 aliphatic rings. The van der Waals surface area contributed by atoms with Crippen LogP contribution >= 0.6 is 11.6 Å². The summed E-state index contributed by atoms with van der Waals surface area (Å²) in [5.74, 6) is 0.561. The third-order valence-corrected chi connectivity index (χ3v) is 3.01. The molecule has 0 bridgehead atoms. The number of urea groups is 1. The van der Waals surface area contributed by atoms with Crippen molar-refractivity contribution in [1.29, 1.82) is 0 Å². The maximum atomic E-state index is 11.9. The van der Waals surface area contributed by atoms with E-state index in [2.05, 4.69) is 10.6 Å². The van der Waals surface area contributed by atoms with Crippen LogP contribution in [0.2, 0.25) is 0 Å². The Balaban J connectivity index is 2.49. The minimum Gasteiger partial charge on any atom is -0.466 e. The van der Waals surface area contributed by atoms with Crippen LogP contribution in [0.15, 0.2) is 27.8 Å². The van der Waals surface area contributed by atoms with Crippen LogP contribution < -0.4 is 10.6 Å². The van der Waals surface area contributed by atoms with Crippen molar-refractivity contribution >= 4 is 23.6 Å². The lowest BCUT2D eigenvalue weighted by Crippen LogP contribution is -2.46. The Morgan fingerprint density at radius 1 is 1.53 bits per heavy atom. The Hall–Kier alpha value is -1.95. The topological polar surface area (TPSA) is 80.6 Å². The van der Waals surface area contributed by atoms with Crippen molar-refractivity contribution < 1.29 is 18.7 Å².